The Balaban J connectivity index is 0.000000848. The number of ether oxygens (including phenoxy) is 1. The van der Waals surface area contributed by atoms with Crippen molar-refractivity contribution in [3.63, 3.8) is 0 Å². The average molecular weight is 481 g/mol. The van der Waals surface area contributed by atoms with E-state index in [1.807, 2.05) is 34.9 Å². The second-order valence-electron chi connectivity index (χ2n) is 8.68. The van der Waals surface area contributed by atoms with Gasteiger partial charge in [0.2, 0.25) is 5.95 Å². The van der Waals surface area contributed by atoms with E-state index in [1.54, 1.807) is 23.2 Å². The van der Waals surface area contributed by atoms with Crippen LogP contribution in [-0.4, -0.2) is 35.3 Å². The number of rotatable bonds is 3. The number of nitrogens with zero attached hydrogens (tertiary/aromatic N) is 8. The van der Waals surface area contributed by atoms with Gasteiger partial charge in [0.1, 0.15) is 24.1 Å². The van der Waals surface area contributed by atoms with Gasteiger partial charge in [-0.15, -0.1) is 0 Å². The van der Waals surface area contributed by atoms with Crippen molar-refractivity contribution in [3.05, 3.63) is 70.3 Å². The second kappa shape index (κ2) is 9.51. The van der Waals surface area contributed by atoms with Crippen molar-refractivity contribution in [1.82, 2.24) is 28.7 Å². The summed E-state index contributed by atoms with van der Waals surface area (Å²) in [4.78, 5) is 27.4. The molecular weight excluding hydrogens is 456 g/mol. The summed E-state index contributed by atoms with van der Waals surface area (Å²) in [6.45, 7) is 4.01. The molecular formula is C26H24N8O2. The quantitative estimate of drug-likeness (QED) is 0.440. The summed E-state index contributed by atoms with van der Waals surface area (Å²) in [6.07, 6.45) is 9.04. The number of para-hydroxylation sites is 1. The number of hydrogen-bond acceptors (Lipinski definition) is 7. The Hall–Kier alpha value is -4.70. The first-order valence-corrected chi connectivity index (χ1v) is 11.7. The Labute approximate surface area is 207 Å². The van der Waals surface area contributed by atoms with Crippen LogP contribution < -0.4 is 10.4 Å². The van der Waals surface area contributed by atoms with Crippen LogP contribution in [0, 0.1) is 28.6 Å². The maximum atomic E-state index is 13.5. The highest BCUT2D eigenvalue weighted by molar-refractivity contribution is 5.72. The highest BCUT2D eigenvalue weighted by atomic mass is 16.5. The molecule has 1 aliphatic carbocycles. The molecule has 180 valence electrons. The Morgan fingerprint density at radius 3 is 2.83 bits per heavy atom. The Kier molecular flexibility index (Phi) is 6.09. The van der Waals surface area contributed by atoms with E-state index < -0.39 is 0 Å². The van der Waals surface area contributed by atoms with E-state index in [0.29, 0.717) is 36.1 Å². The number of aromatic nitrogens is 6. The largest absolute Gasteiger partial charge is 0.493 e. The molecule has 0 spiro atoms. The van der Waals surface area contributed by atoms with E-state index in [4.69, 9.17) is 15.0 Å². The third-order valence-electron chi connectivity index (χ3n) is 6.36. The van der Waals surface area contributed by atoms with E-state index >= 15 is 0 Å². The van der Waals surface area contributed by atoms with Gasteiger partial charge >= 0.3 is 5.69 Å². The zero-order valence-electron chi connectivity index (χ0n) is 20.0. The highest BCUT2D eigenvalue weighted by Gasteiger charge is 2.29. The van der Waals surface area contributed by atoms with Gasteiger partial charge < -0.3 is 4.74 Å². The van der Waals surface area contributed by atoms with Gasteiger partial charge in [-0.25, -0.2) is 14.8 Å². The van der Waals surface area contributed by atoms with Gasteiger partial charge in [-0.3, -0.25) is 13.7 Å². The number of hydrogen-bond donors (Lipinski definition) is 0. The lowest BCUT2D eigenvalue weighted by Crippen LogP contribution is -2.31. The molecule has 4 heterocycles. The first-order valence-electron chi connectivity index (χ1n) is 11.7. The van der Waals surface area contributed by atoms with E-state index in [0.717, 1.165) is 29.1 Å². The van der Waals surface area contributed by atoms with Crippen LogP contribution in [0.2, 0.25) is 0 Å². The normalized spacial score (nSPS) is 17.7. The summed E-state index contributed by atoms with van der Waals surface area (Å²) in [5.74, 6) is 1.64. The fourth-order valence-corrected chi connectivity index (χ4v) is 4.78. The molecule has 4 aromatic rings. The number of fused-ring (bicyclic) bond motifs is 3. The van der Waals surface area contributed by atoms with Gasteiger partial charge in [0.05, 0.1) is 42.4 Å². The standard InChI is InChI=1S/C24H21N7O2.C2H3N/c1-15-6-7-19-17(12-15)27-14-30(19)23-26-13-20-22(28-23)31(24(32)29(20)10-9-25)18-8-11-33-21-5-3-2-4-16(18)21;1-2-3/h2-7,13-15,18H,8,10-12H2,1H3;1H3/t15?,18-;/m1./s1. The predicted octanol–water partition coefficient (Wildman–Crippen LogP) is 3.41. The van der Waals surface area contributed by atoms with Gasteiger partial charge in [-0.05, 0) is 24.5 Å². The van der Waals surface area contributed by atoms with Crippen LogP contribution in [0.5, 0.6) is 5.75 Å². The topological polar surface area (TPSA) is 127 Å². The second-order valence-corrected chi connectivity index (χ2v) is 8.68. The maximum absolute atomic E-state index is 13.5. The smallest absolute Gasteiger partial charge is 0.331 e. The van der Waals surface area contributed by atoms with Crippen LogP contribution in [0.15, 0.2) is 47.7 Å². The Morgan fingerprint density at radius 2 is 2.03 bits per heavy atom. The Morgan fingerprint density at radius 1 is 1.22 bits per heavy atom. The van der Waals surface area contributed by atoms with Crippen LogP contribution in [0.25, 0.3) is 23.2 Å². The number of imidazole rings is 2. The summed E-state index contributed by atoms with van der Waals surface area (Å²) in [5, 5.41) is 16.7. The van der Waals surface area contributed by atoms with E-state index in [2.05, 4.69) is 29.0 Å². The molecule has 36 heavy (non-hydrogen) atoms. The average Bonchev–Trinajstić information content (AvgIpc) is 3.42. The minimum atomic E-state index is -0.277. The molecule has 2 aliphatic rings. The zero-order chi connectivity index (χ0) is 25.2. The molecule has 2 atom stereocenters. The van der Waals surface area contributed by atoms with Crippen molar-refractivity contribution in [2.75, 3.05) is 6.61 Å². The summed E-state index contributed by atoms with van der Waals surface area (Å²) in [5.41, 5.74) is 3.64. The van der Waals surface area contributed by atoms with Crippen LogP contribution >= 0.6 is 0 Å². The fraction of sp³-hybridized carbons (Fsp3) is 0.308. The van der Waals surface area contributed by atoms with Gasteiger partial charge in [-0.1, -0.05) is 31.2 Å². The Bertz CT molecular complexity index is 1610. The first-order chi connectivity index (χ1) is 17.6. The lowest BCUT2D eigenvalue weighted by atomic mass is 9.98. The van der Waals surface area contributed by atoms with Crippen molar-refractivity contribution in [2.45, 2.75) is 39.3 Å². The van der Waals surface area contributed by atoms with Crippen LogP contribution in [0.1, 0.15) is 43.3 Å². The van der Waals surface area contributed by atoms with Gasteiger partial charge in [0, 0.05) is 18.9 Å². The molecule has 0 N–H and O–H groups in total. The molecule has 10 heteroatoms. The number of benzene rings is 1. The fourth-order valence-electron chi connectivity index (χ4n) is 4.78. The van der Waals surface area contributed by atoms with Gasteiger partial charge in [0.15, 0.2) is 5.65 Å². The lowest BCUT2D eigenvalue weighted by molar-refractivity contribution is 0.256. The van der Waals surface area contributed by atoms with E-state index in [-0.39, 0.29) is 18.3 Å². The highest BCUT2D eigenvalue weighted by Crippen LogP contribution is 2.35. The molecule has 6 rings (SSSR count). The zero-order valence-corrected chi connectivity index (χ0v) is 20.0. The monoisotopic (exact) mass is 480 g/mol. The van der Waals surface area contributed by atoms with Crippen molar-refractivity contribution >= 4 is 17.2 Å². The minimum Gasteiger partial charge on any atom is -0.493 e. The van der Waals surface area contributed by atoms with Crippen molar-refractivity contribution < 1.29 is 4.74 Å². The van der Waals surface area contributed by atoms with Crippen LogP contribution in [0.4, 0.5) is 0 Å². The van der Waals surface area contributed by atoms with E-state index in [1.165, 1.54) is 11.5 Å². The van der Waals surface area contributed by atoms with Gasteiger partial charge in [0.25, 0.3) is 0 Å². The van der Waals surface area contributed by atoms with Crippen molar-refractivity contribution in [1.29, 1.82) is 10.5 Å². The van der Waals surface area contributed by atoms with Crippen LogP contribution in [-0.2, 0) is 13.0 Å². The summed E-state index contributed by atoms with van der Waals surface area (Å²) >= 11 is 0. The molecule has 0 radical (unpaired) electrons. The van der Waals surface area contributed by atoms with Gasteiger partial charge in [-0.2, -0.15) is 15.5 Å². The third kappa shape index (κ3) is 3.83. The third-order valence-corrected chi connectivity index (χ3v) is 6.36. The molecule has 0 fully saturated rings. The molecule has 0 amide bonds. The molecule has 0 saturated carbocycles. The molecule has 0 bridgehead atoms. The van der Waals surface area contributed by atoms with E-state index in [9.17, 15) is 10.1 Å². The minimum absolute atomic E-state index is 0.0724. The summed E-state index contributed by atoms with van der Waals surface area (Å²) in [6, 6.07) is 11.3. The maximum Gasteiger partial charge on any atom is 0.331 e. The molecule has 0 saturated heterocycles. The molecule has 1 aromatic carbocycles. The molecule has 1 unspecified atom stereocenters. The lowest BCUT2D eigenvalue weighted by Gasteiger charge is -2.26. The first kappa shape index (κ1) is 23.1. The molecule has 10 nitrogen and oxygen atoms in total. The van der Waals surface area contributed by atoms with Crippen molar-refractivity contribution in [3.8, 4) is 23.8 Å². The van der Waals surface area contributed by atoms with Crippen molar-refractivity contribution in [2.24, 2.45) is 5.92 Å². The number of nitriles is 2. The van der Waals surface area contributed by atoms with Crippen LogP contribution in [0.3, 0.4) is 0 Å². The summed E-state index contributed by atoms with van der Waals surface area (Å²) in [7, 11) is 0. The predicted molar refractivity (Wildman–Crippen MR) is 132 cm³/mol. The molecule has 1 aliphatic heterocycles. The SMILES string of the molecule is CC#N.CC1C=Cc2c(ncn2-c2ncc3c(n2)n([C@@H]2CCOc4ccccc42)c(=O)n3CC#N)C1. The molecule has 3 aromatic heterocycles. The summed E-state index contributed by atoms with van der Waals surface area (Å²) < 4.78 is 10.8. The number of allylic oxidation sites excluding steroid dienone is 1.